The first-order valence-corrected chi connectivity index (χ1v) is 5.12. The number of ether oxygens (including phenoxy) is 1. The van der Waals surface area contributed by atoms with Gasteiger partial charge in [0.15, 0.2) is 5.78 Å². The zero-order chi connectivity index (χ0) is 11.4. The van der Waals surface area contributed by atoms with Gasteiger partial charge >= 0.3 is 5.97 Å². The van der Waals surface area contributed by atoms with Crippen molar-refractivity contribution in [1.29, 1.82) is 0 Å². The number of ketones is 2. The van der Waals surface area contributed by atoms with Crippen LogP contribution in [0.5, 0.6) is 0 Å². The molecule has 0 bridgehead atoms. The van der Waals surface area contributed by atoms with Gasteiger partial charge in [0.2, 0.25) is 5.78 Å². The van der Waals surface area contributed by atoms with E-state index in [1.807, 2.05) is 0 Å². The Hall–Kier alpha value is -1.49. The van der Waals surface area contributed by atoms with Crippen molar-refractivity contribution < 1.29 is 19.1 Å². The number of methoxy groups -OCH3 is 1. The van der Waals surface area contributed by atoms with Gasteiger partial charge in [-0.05, 0) is 23.9 Å². The monoisotopic (exact) mass is 226 g/mol. The predicted octanol–water partition coefficient (Wildman–Crippen LogP) is 1.37. The van der Waals surface area contributed by atoms with Crippen LogP contribution < -0.4 is 0 Å². The fraction of sp³-hybridized carbons (Fsp3) is 0.300. The molecule has 0 aromatic carbocycles. The quantitative estimate of drug-likeness (QED) is 0.337. The number of thiophene rings is 1. The third-order valence-electron chi connectivity index (χ3n) is 1.85. The van der Waals surface area contributed by atoms with E-state index in [4.69, 9.17) is 0 Å². The van der Waals surface area contributed by atoms with Crippen LogP contribution in [-0.4, -0.2) is 24.6 Å². The van der Waals surface area contributed by atoms with E-state index >= 15 is 0 Å². The second kappa shape index (κ2) is 4.84. The summed E-state index contributed by atoms with van der Waals surface area (Å²) in [4.78, 5) is 33.9. The molecule has 5 heteroatoms. The maximum Gasteiger partial charge on any atom is 0.374 e. The minimum absolute atomic E-state index is 0.335. The molecule has 0 aliphatic carbocycles. The summed E-state index contributed by atoms with van der Waals surface area (Å²) in [5, 5.41) is 1.77. The Bertz CT molecular complexity index is 405. The van der Waals surface area contributed by atoms with E-state index in [9.17, 15) is 14.4 Å². The maximum atomic E-state index is 11.5. The van der Waals surface area contributed by atoms with Crippen molar-refractivity contribution >= 4 is 28.9 Å². The van der Waals surface area contributed by atoms with Gasteiger partial charge in [0.05, 0.1) is 18.4 Å². The van der Waals surface area contributed by atoms with E-state index in [1.54, 1.807) is 18.4 Å². The van der Waals surface area contributed by atoms with Gasteiger partial charge in [-0.2, -0.15) is 0 Å². The molecule has 0 unspecified atom stereocenters. The summed E-state index contributed by atoms with van der Waals surface area (Å²) in [6.45, 7) is 1.78. The molecule has 1 aromatic rings. The molecule has 15 heavy (non-hydrogen) atoms. The van der Waals surface area contributed by atoms with E-state index in [-0.39, 0.29) is 5.78 Å². The highest BCUT2D eigenvalue weighted by Gasteiger charge is 2.20. The van der Waals surface area contributed by atoms with Crippen LogP contribution in [0, 0.1) is 6.92 Å². The van der Waals surface area contributed by atoms with Crippen molar-refractivity contribution in [2.24, 2.45) is 0 Å². The molecule has 1 heterocycles. The Kier molecular flexibility index (Phi) is 3.74. The van der Waals surface area contributed by atoms with Crippen LogP contribution in [0.25, 0.3) is 0 Å². The summed E-state index contributed by atoms with van der Waals surface area (Å²) in [6.07, 6.45) is -0.423. The second-order valence-corrected chi connectivity index (χ2v) is 3.86. The van der Waals surface area contributed by atoms with Crippen molar-refractivity contribution in [3.8, 4) is 0 Å². The Labute approximate surface area is 90.9 Å². The highest BCUT2D eigenvalue weighted by molar-refractivity contribution is 7.12. The fourth-order valence-electron chi connectivity index (χ4n) is 1.07. The van der Waals surface area contributed by atoms with E-state index in [1.165, 1.54) is 11.3 Å². The Morgan fingerprint density at radius 1 is 1.40 bits per heavy atom. The normalized spacial score (nSPS) is 9.73. The molecule has 0 saturated carbocycles. The predicted molar refractivity (Wildman–Crippen MR) is 55.0 cm³/mol. The summed E-state index contributed by atoms with van der Waals surface area (Å²) in [5.41, 5.74) is 0.822. The zero-order valence-corrected chi connectivity index (χ0v) is 9.22. The first kappa shape index (κ1) is 11.6. The largest absolute Gasteiger partial charge is 0.463 e. The van der Waals surface area contributed by atoms with Crippen LogP contribution in [0.2, 0.25) is 0 Å². The summed E-state index contributed by atoms with van der Waals surface area (Å²) < 4.78 is 4.22. The number of carbonyl (C=O) groups is 3. The Morgan fingerprint density at radius 3 is 2.53 bits per heavy atom. The van der Waals surface area contributed by atoms with Gasteiger partial charge in [0, 0.05) is 0 Å². The topological polar surface area (TPSA) is 60.4 Å². The van der Waals surface area contributed by atoms with Gasteiger partial charge < -0.3 is 4.74 Å². The molecule has 80 valence electrons. The van der Waals surface area contributed by atoms with Gasteiger partial charge in [0.25, 0.3) is 0 Å². The molecule has 0 aliphatic rings. The first-order chi connectivity index (χ1) is 7.06. The summed E-state index contributed by atoms with van der Waals surface area (Å²) in [6, 6.07) is 1.79. The van der Waals surface area contributed by atoms with E-state index in [0.717, 1.165) is 12.7 Å². The molecule has 0 aliphatic heterocycles. The first-order valence-electron chi connectivity index (χ1n) is 4.24. The number of hydrogen-bond acceptors (Lipinski definition) is 5. The summed E-state index contributed by atoms with van der Waals surface area (Å²) in [7, 11) is 1.11. The molecule has 4 nitrogen and oxygen atoms in total. The highest BCUT2D eigenvalue weighted by atomic mass is 32.1. The number of rotatable bonds is 4. The van der Waals surface area contributed by atoms with E-state index < -0.39 is 18.2 Å². The second-order valence-electron chi connectivity index (χ2n) is 2.95. The Morgan fingerprint density at radius 2 is 2.07 bits per heavy atom. The number of Topliss-reactive ketones (excluding diaryl/α,β-unsaturated/α-hetero) is 2. The van der Waals surface area contributed by atoms with Crippen LogP contribution in [0.4, 0.5) is 0 Å². The standard InChI is InChI=1S/C10H10O4S/c1-6-3-4-15-9(6)7(11)5-8(12)10(13)14-2/h3-4H,5H2,1-2H3. The lowest BCUT2D eigenvalue weighted by Gasteiger charge is -1.98. The van der Waals surface area contributed by atoms with E-state index in [2.05, 4.69) is 4.74 Å². The summed E-state index contributed by atoms with van der Waals surface area (Å²) in [5.74, 6) is -2.12. The van der Waals surface area contributed by atoms with Crippen molar-refractivity contribution in [2.75, 3.05) is 7.11 Å². The van der Waals surface area contributed by atoms with Crippen LogP contribution >= 0.6 is 11.3 Å². The molecule has 0 N–H and O–H groups in total. The molecular weight excluding hydrogens is 216 g/mol. The minimum Gasteiger partial charge on any atom is -0.463 e. The van der Waals surface area contributed by atoms with Crippen molar-refractivity contribution in [1.82, 2.24) is 0 Å². The van der Waals surface area contributed by atoms with Gasteiger partial charge in [-0.25, -0.2) is 4.79 Å². The van der Waals surface area contributed by atoms with Gasteiger partial charge in [-0.3, -0.25) is 9.59 Å². The molecule has 0 fully saturated rings. The third kappa shape index (κ3) is 2.73. The average Bonchev–Trinajstić information content (AvgIpc) is 2.63. The minimum atomic E-state index is -0.974. The number of carbonyl (C=O) groups excluding carboxylic acids is 3. The molecule has 0 amide bonds. The van der Waals surface area contributed by atoms with Crippen molar-refractivity contribution in [3.05, 3.63) is 21.9 Å². The lowest BCUT2D eigenvalue weighted by molar-refractivity contribution is -0.151. The molecule has 0 atom stereocenters. The van der Waals surface area contributed by atoms with Crippen LogP contribution in [-0.2, 0) is 14.3 Å². The number of hydrogen-bond donors (Lipinski definition) is 0. The number of esters is 1. The zero-order valence-electron chi connectivity index (χ0n) is 8.40. The van der Waals surface area contributed by atoms with Crippen LogP contribution in [0.15, 0.2) is 11.4 Å². The molecular formula is C10H10O4S. The molecule has 0 saturated heterocycles. The van der Waals surface area contributed by atoms with Crippen molar-refractivity contribution in [3.63, 3.8) is 0 Å². The van der Waals surface area contributed by atoms with Crippen LogP contribution in [0.1, 0.15) is 21.7 Å². The highest BCUT2D eigenvalue weighted by Crippen LogP contribution is 2.17. The summed E-state index contributed by atoms with van der Waals surface area (Å²) >= 11 is 1.27. The number of aryl methyl sites for hydroxylation is 1. The average molecular weight is 226 g/mol. The maximum absolute atomic E-state index is 11.5. The SMILES string of the molecule is COC(=O)C(=O)CC(=O)c1sccc1C. The lowest BCUT2D eigenvalue weighted by Crippen LogP contribution is -2.19. The molecule has 0 spiro atoms. The van der Waals surface area contributed by atoms with E-state index in [0.29, 0.717) is 4.88 Å². The fourth-order valence-corrected chi connectivity index (χ4v) is 1.94. The molecule has 0 radical (unpaired) electrons. The van der Waals surface area contributed by atoms with Gasteiger partial charge in [0.1, 0.15) is 0 Å². The van der Waals surface area contributed by atoms with Gasteiger partial charge in [-0.15, -0.1) is 11.3 Å². The molecule has 1 aromatic heterocycles. The molecule has 1 rings (SSSR count). The third-order valence-corrected chi connectivity index (χ3v) is 2.91. The Balaban J connectivity index is 2.69. The smallest absolute Gasteiger partial charge is 0.374 e. The van der Waals surface area contributed by atoms with Gasteiger partial charge in [-0.1, -0.05) is 0 Å². The lowest BCUT2D eigenvalue weighted by atomic mass is 10.1. The van der Waals surface area contributed by atoms with Crippen molar-refractivity contribution in [2.45, 2.75) is 13.3 Å². The van der Waals surface area contributed by atoms with Crippen LogP contribution in [0.3, 0.4) is 0 Å².